The summed E-state index contributed by atoms with van der Waals surface area (Å²) < 4.78 is 0. The third kappa shape index (κ3) is 1.96. The molecule has 1 aromatic rings. The molecule has 0 aliphatic carbocycles. The van der Waals surface area contributed by atoms with Crippen molar-refractivity contribution in [1.82, 2.24) is 0 Å². The topological polar surface area (TPSA) is 57.6 Å². The average molecular weight is 237 g/mol. The molecule has 1 heterocycles. The summed E-state index contributed by atoms with van der Waals surface area (Å²) in [5, 5.41) is 9.17. The van der Waals surface area contributed by atoms with Gasteiger partial charge in [0, 0.05) is 5.56 Å². The Bertz CT molecular complexity index is 417. The third-order valence-corrected chi connectivity index (χ3v) is 3.25. The Hall–Kier alpha value is -1.33. The summed E-state index contributed by atoms with van der Waals surface area (Å²) in [6, 6.07) is 6.90. The Morgan fingerprint density at radius 2 is 1.81 bits per heavy atom. The second-order valence-corrected chi connectivity index (χ2v) is 4.39. The van der Waals surface area contributed by atoms with Crippen LogP contribution in [0, 0.1) is 0 Å². The number of anilines is 1. The van der Waals surface area contributed by atoms with Gasteiger partial charge in [-0.2, -0.15) is 0 Å². The fourth-order valence-corrected chi connectivity index (χ4v) is 2.33. The van der Waals surface area contributed by atoms with E-state index in [9.17, 15) is 9.59 Å². The van der Waals surface area contributed by atoms with Crippen LogP contribution in [-0.4, -0.2) is 28.4 Å². The van der Waals surface area contributed by atoms with E-state index < -0.39 is 0 Å². The largest absolute Gasteiger partial charge is 0.392 e. The molecule has 16 heavy (non-hydrogen) atoms. The Kier molecular flexibility index (Phi) is 3.26. The van der Waals surface area contributed by atoms with Gasteiger partial charge in [0.25, 0.3) is 0 Å². The molecule has 0 atom stereocenters. The first-order chi connectivity index (χ1) is 7.74. The van der Waals surface area contributed by atoms with Gasteiger partial charge < -0.3 is 5.11 Å². The number of aliphatic hydroxyl groups is 1. The standard InChI is InChI=1S/C11H11NO3S/c13-5-8-3-1-2-4-9(8)12-10(14)6-16-7-11(12)15/h1-4,13H,5-7H2. The number of hydrogen-bond acceptors (Lipinski definition) is 4. The molecule has 1 N–H and O–H groups in total. The number of benzene rings is 1. The van der Waals surface area contributed by atoms with Crippen molar-refractivity contribution in [3.63, 3.8) is 0 Å². The van der Waals surface area contributed by atoms with Gasteiger partial charge >= 0.3 is 0 Å². The van der Waals surface area contributed by atoms with Crippen molar-refractivity contribution in [1.29, 1.82) is 0 Å². The first kappa shape index (κ1) is 11.2. The molecule has 0 saturated carbocycles. The van der Waals surface area contributed by atoms with Gasteiger partial charge in [-0.1, -0.05) is 18.2 Å². The predicted octanol–water partition coefficient (Wildman–Crippen LogP) is 0.785. The highest BCUT2D eigenvalue weighted by atomic mass is 32.2. The van der Waals surface area contributed by atoms with Crippen molar-refractivity contribution in [2.45, 2.75) is 6.61 Å². The second kappa shape index (κ2) is 4.67. The molecule has 84 valence electrons. The van der Waals surface area contributed by atoms with Gasteiger partial charge in [-0.05, 0) is 6.07 Å². The van der Waals surface area contributed by atoms with E-state index in [4.69, 9.17) is 5.11 Å². The van der Waals surface area contributed by atoms with Crippen molar-refractivity contribution < 1.29 is 14.7 Å². The van der Waals surface area contributed by atoms with E-state index in [1.165, 1.54) is 16.7 Å². The molecule has 0 bridgehead atoms. The fraction of sp³-hybridized carbons (Fsp3) is 0.273. The first-order valence-corrected chi connectivity index (χ1v) is 6.02. The number of thioether (sulfide) groups is 1. The molecule has 0 unspecified atom stereocenters. The number of rotatable bonds is 2. The van der Waals surface area contributed by atoms with Gasteiger partial charge in [-0.3, -0.25) is 9.59 Å². The molecule has 1 aliphatic heterocycles. The quantitative estimate of drug-likeness (QED) is 0.772. The smallest absolute Gasteiger partial charge is 0.243 e. The molecule has 1 saturated heterocycles. The van der Waals surface area contributed by atoms with Gasteiger partial charge in [0.1, 0.15) is 0 Å². The lowest BCUT2D eigenvalue weighted by Crippen LogP contribution is -2.43. The highest BCUT2D eigenvalue weighted by Gasteiger charge is 2.28. The van der Waals surface area contributed by atoms with E-state index >= 15 is 0 Å². The molecule has 4 nitrogen and oxygen atoms in total. The molecular weight excluding hydrogens is 226 g/mol. The molecule has 1 fully saturated rings. The number of amides is 2. The molecule has 2 rings (SSSR count). The Morgan fingerprint density at radius 3 is 2.44 bits per heavy atom. The highest BCUT2D eigenvalue weighted by molar-refractivity contribution is 8.00. The average Bonchev–Trinajstić information content (AvgIpc) is 2.29. The molecule has 5 heteroatoms. The van der Waals surface area contributed by atoms with Crippen LogP contribution in [0.5, 0.6) is 0 Å². The maximum Gasteiger partial charge on any atom is 0.243 e. The number of imide groups is 1. The Morgan fingerprint density at radius 1 is 1.19 bits per heavy atom. The van der Waals surface area contributed by atoms with Crippen molar-refractivity contribution in [3.05, 3.63) is 29.8 Å². The number of carbonyl (C=O) groups excluding carboxylic acids is 2. The summed E-state index contributed by atoms with van der Waals surface area (Å²) in [4.78, 5) is 24.5. The minimum Gasteiger partial charge on any atom is -0.392 e. The van der Waals surface area contributed by atoms with E-state index in [2.05, 4.69) is 0 Å². The summed E-state index contributed by atoms with van der Waals surface area (Å²) in [7, 11) is 0. The summed E-state index contributed by atoms with van der Waals surface area (Å²) in [6.07, 6.45) is 0. The molecule has 0 radical (unpaired) electrons. The summed E-state index contributed by atoms with van der Waals surface area (Å²) in [5.41, 5.74) is 1.09. The monoisotopic (exact) mass is 237 g/mol. The van der Waals surface area contributed by atoms with E-state index in [0.717, 1.165) is 0 Å². The van der Waals surface area contributed by atoms with Gasteiger partial charge in [0.2, 0.25) is 11.8 Å². The lowest BCUT2D eigenvalue weighted by Gasteiger charge is -2.26. The number of para-hydroxylation sites is 1. The van der Waals surface area contributed by atoms with E-state index in [0.29, 0.717) is 22.8 Å². The maximum absolute atomic E-state index is 11.7. The lowest BCUT2D eigenvalue weighted by molar-refractivity contribution is -0.124. The molecule has 0 spiro atoms. The van der Waals surface area contributed by atoms with Gasteiger partial charge in [-0.15, -0.1) is 11.8 Å². The van der Waals surface area contributed by atoms with Crippen LogP contribution in [0.15, 0.2) is 24.3 Å². The molecule has 2 amide bonds. The summed E-state index contributed by atoms with van der Waals surface area (Å²) in [5.74, 6) is 0.182. The first-order valence-electron chi connectivity index (χ1n) is 4.86. The van der Waals surface area contributed by atoms with Crippen molar-refractivity contribution in [3.8, 4) is 0 Å². The van der Waals surface area contributed by atoms with Crippen LogP contribution in [0.3, 0.4) is 0 Å². The highest BCUT2D eigenvalue weighted by Crippen LogP contribution is 2.25. The molecular formula is C11H11NO3S. The van der Waals surface area contributed by atoms with Gasteiger partial charge in [0.15, 0.2) is 0 Å². The van der Waals surface area contributed by atoms with Crippen molar-refractivity contribution in [2.75, 3.05) is 16.4 Å². The Labute approximate surface area is 97.3 Å². The zero-order valence-corrected chi connectivity index (χ0v) is 9.37. The van der Waals surface area contributed by atoms with Crippen molar-refractivity contribution >= 4 is 29.3 Å². The van der Waals surface area contributed by atoms with Crippen molar-refractivity contribution in [2.24, 2.45) is 0 Å². The van der Waals surface area contributed by atoms with Crippen LogP contribution in [0.4, 0.5) is 5.69 Å². The van der Waals surface area contributed by atoms with Gasteiger partial charge in [-0.25, -0.2) is 4.90 Å². The molecule has 1 aromatic carbocycles. The molecule has 1 aliphatic rings. The van der Waals surface area contributed by atoms with E-state index in [1.807, 2.05) is 0 Å². The second-order valence-electron chi connectivity index (χ2n) is 3.40. The number of carbonyl (C=O) groups is 2. The fourth-order valence-electron chi connectivity index (χ4n) is 1.63. The minimum absolute atomic E-state index is 0.180. The van der Waals surface area contributed by atoms with E-state index in [1.54, 1.807) is 24.3 Å². The zero-order valence-electron chi connectivity index (χ0n) is 8.55. The normalized spacial score (nSPS) is 16.7. The number of aliphatic hydroxyl groups excluding tert-OH is 1. The number of nitrogens with zero attached hydrogens (tertiary/aromatic N) is 1. The van der Waals surface area contributed by atoms with Crippen LogP contribution in [0.25, 0.3) is 0 Å². The van der Waals surface area contributed by atoms with Crippen LogP contribution < -0.4 is 4.90 Å². The minimum atomic E-state index is -0.220. The zero-order chi connectivity index (χ0) is 11.5. The maximum atomic E-state index is 11.7. The van der Waals surface area contributed by atoms with Crippen LogP contribution in [-0.2, 0) is 16.2 Å². The third-order valence-electron chi connectivity index (χ3n) is 2.35. The summed E-state index contributed by atoms with van der Waals surface area (Å²) in [6.45, 7) is -0.180. The van der Waals surface area contributed by atoms with Crippen LogP contribution >= 0.6 is 11.8 Å². The van der Waals surface area contributed by atoms with Gasteiger partial charge in [0.05, 0.1) is 23.8 Å². The lowest BCUT2D eigenvalue weighted by atomic mass is 10.1. The Balaban J connectivity index is 2.41. The molecule has 0 aromatic heterocycles. The van der Waals surface area contributed by atoms with Crippen LogP contribution in [0.1, 0.15) is 5.56 Å². The van der Waals surface area contributed by atoms with Crippen LogP contribution in [0.2, 0.25) is 0 Å². The SMILES string of the molecule is O=C1CSCC(=O)N1c1ccccc1CO. The predicted molar refractivity (Wildman–Crippen MR) is 62.2 cm³/mol. The van der Waals surface area contributed by atoms with E-state index in [-0.39, 0.29) is 18.4 Å². The number of hydrogen-bond donors (Lipinski definition) is 1. The summed E-state index contributed by atoms with van der Waals surface area (Å²) >= 11 is 1.32.